The Bertz CT molecular complexity index is 917. The van der Waals surface area contributed by atoms with Crippen molar-refractivity contribution in [3.8, 4) is 0 Å². The molecule has 0 aliphatic heterocycles. The molecule has 0 fully saturated rings. The van der Waals surface area contributed by atoms with Crippen LogP contribution in [0.15, 0.2) is 48.5 Å². The fourth-order valence-corrected chi connectivity index (χ4v) is 5.41. The molecule has 0 saturated heterocycles. The molecule has 0 aromatic heterocycles. The SMILES string of the molecule is C/C(=C/C(=O)O)c1ccc(NC(=O)c2cc([Si](C)(C)C)cc([Si](C)(C)C)c2)cc1. The maximum atomic E-state index is 13.0. The molecule has 6 heteroatoms. The van der Waals surface area contributed by atoms with E-state index in [4.69, 9.17) is 5.11 Å². The van der Waals surface area contributed by atoms with E-state index in [1.165, 1.54) is 16.4 Å². The summed E-state index contributed by atoms with van der Waals surface area (Å²) in [6.07, 6.45) is 1.17. The third-order valence-corrected chi connectivity index (χ3v) is 8.91. The van der Waals surface area contributed by atoms with E-state index in [0.29, 0.717) is 16.8 Å². The number of carboxylic acids is 1. The van der Waals surface area contributed by atoms with Crippen molar-refractivity contribution < 1.29 is 14.7 Å². The first-order chi connectivity index (χ1) is 13.3. The second kappa shape index (κ2) is 8.51. The van der Waals surface area contributed by atoms with Gasteiger partial charge in [-0.05, 0) is 30.2 Å². The molecule has 0 heterocycles. The first kappa shape index (κ1) is 22.8. The van der Waals surface area contributed by atoms with E-state index >= 15 is 0 Å². The van der Waals surface area contributed by atoms with Crippen LogP contribution in [0.2, 0.25) is 39.3 Å². The highest BCUT2D eigenvalue weighted by atomic mass is 28.3. The highest BCUT2D eigenvalue weighted by Crippen LogP contribution is 2.18. The smallest absolute Gasteiger partial charge is 0.328 e. The number of anilines is 1. The lowest BCUT2D eigenvalue weighted by atomic mass is 10.1. The van der Waals surface area contributed by atoms with E-state index in [1.807, 2.05) is 24.3 Å². The van der Waals surface area contributed by atoms with Crippen LogP contribution < -0.4 is 15.7 Å². The second-order valence-corrected chi connectivity index (χ2v) is 19.7. The Labute approximate surface area is 175 Å². The molecule has 2 N–H and O–H groups in total. The number of carboxylic acid groups (broad SMARTS) is 1. The summed E-state index contributed by atoms with van der Waals surface area (Å²) in [7, 11) is -3.12. The van der Waals surface area contributed by atoms with Gasteiger partial charge in [0.2, 0.25) is 0 Å². The van der Waals surface area contributed by atoms with Crippen LogP contribution in [0.1, 0.15) is 22.8 Å². The Morgan fingerprint density at radius 3 is 1.72 bits per heavy atom. The van der Waals surface area contributed by atoms with E-state index in [9.17, 15) is 9.59 Å². The summed E-state index contributed by atoms with van der Waals surface area (Å²) in [5.41, 5.74) is 2.87. The first-order valence-electron chi connectivity index (χ1n) is 9.76. The maximum absolute atomic E-state index is 13.0. The van der Waals surface area contributed by atoms with Gasteiger partial charge in [0.15, 0.2) is 0 Å². The number of rotatable bonds is 6. The predicted octanol–water partition coefficient (Wildman–Crippen LogP) is 4.52. The van der Waals surface area contributed by atoms with Crippen molar-refractivity contribution >= 4 is 49.7 Å². The van der Waals surface area contributed by atoms with Crippen molar-refractivity contribution in [3.05, 3.63) is 59.7 Å². The third-order valence-electron chi connectivity index (χ3n) is 4.87. The Balaban J connectivity index is 2.32. The summed E-state index contributed by atoms with van der Waals surface area (Å²) in [6, 6.07) is 13.6. The lowest BCUT2D eigenvalue weighted by molar-refractivity contribution is -0.131. The largest absolute Gasteiger partial charge is 0.478 e. The van der Waals surface area contributed by atoms with Crippen LogP contribution in [0.3, 0.4) is 0 Å². The molecule has 4 nitrogen and oxygen atoms in total. The maximum Gasteiger partial charge on any atom is 0.328 e. The molecule has 0 bridgehead atoms. The van der Waals surface area contributed by atoms with Crippen LogP contribution >= 0.6 is 0 Å². The number of benzene rings is 2. The average molecular weight is 426 g/mol. The van der Waals surface area contributed by atoms with E-state index in [1.54, 1.807) is 19.1 Å². The minimum Gasteiger partial charge on any atom is -0.478 e. The lowest BCUT2D eigenvalue weighted by Crippen LogP contribution is -2.46. The molecule has 0 unspecified atom stereocenters. The predicted molar refractivity (Wildman–Crippen MR) is 128 cm³/mol. The van der Waals surface area contributed by atoms with E-state index in [0.717, 1.165) is 5.56 Å². The van der Waals surface area contributed by atoms with Crippen LogP contribution in [0.25, 0.3) is 5.57 Å². The molecule has 0 aliphatic carbocycles. The zero-order chi connectivity index (χ0) is 22.0. The van der Waals surface area contributed by atoms with Crippen LogP contribution in [0.4, 0.5) is 5.69 Å². The standard InChI is InChI=1S/C23H31NO3Si2/c1-16(12-22(25)26)17-8-10-19(11-9-17)24-23(27)18-13-20(28(2,3)4)15-21(14-18)29(5,6)7/h8-15H,1-7H3,(H,24,27)(H,25,26)/b16-12-. The second-order valence-electron chi connectivity index (χ2n) is 9.50. The van der Waals surface area contributed by atoms with Crippen LogP contribution in [0.5, 0.6) is 0 Å². The Kier molecular flexibility index (Phi) is 6.70. The molecule has 2 rings (SSSR count). The van der Waals surface area contributed by atoms with Gasteiger partial charge in [-0.3, -0.25) is 4.79 Å². The molecular formula is C23H31NO3Si2. The van der Waals surface area contributed by atoms with Gasteiger partial charge in [-0.15, -0.1) is 0 Å². The average Bonchev–Trinajstić information content (AvgIpc) is 2.59. The molecule has 0 atom stereocenters. The third kappa shape index (κ3) is 6.27. The van der Waals surface area contributed by atoms with Crippen LogP contribution in [0, 0.1) is 0 Å². The summed E-state index contributed by atoms with van der Waals surface area (Å²) < 4.78 is 0. The molecule has 2 aromatic rings. The van der Waals surface area contributed by atoms with Gasteiger partial charge in [0.25, 0.3) is 5.91 Å². The number of carbonyl (C=O) groups excluding carboxylic acids is 1. The topological polar surface area (TPSA) is 66.4 Å². The van der Waals surface area contributed by atoms with Gasteiger partial charge in [-0.25, -0.2) is 4.79 Å². The molecule has 29 heavy (non-hydrogen) atoms. The number of aliphatic carboxylic acids is 1. The van der Waals surface area contributed by atoms with Crippen LogP contribution in [-0.4, -0.2) is 33.1 Å². The fraction of sp³-hybridized carbons (Fsp3) is 0.304. The van der Waals surface area contributed by atoms with Crippen molar-refractivity contribution in [2.75, 3.05) is 5.32 Å². The van der Waals surface area contributed by atoms with Crippen molar-refractivity contribution in [2.45, 2.75) is 46.2 Å². The van der Waals surface area contributed by atoms with E-state index in [-0.39, 0.29) is 5.91 Å². The summed E-state index contributed by atoms with van der Waals surface area (Å²) in [5, 5.41) is 14.5. The van der Waals surface area contributed by atoms with Crippen molar-refractivity contribution in [1.29, 1.82) is 0 Å². The molecular weight excluding hydrogens is 394 g/mol. The quantitative estimate of drug-likeness (QED) is 0.528. The molecule has 0 aliphatic rings. The summed E-state index contributed by atoms with van der Waals surface area (Å²) in [6.45, 7) is 15.5. The Morgan fingerprint density at radius 2 is 1.31 bits per heavy atom. The monoisotopic (exact) mass is 425 g/mol. The fourth-order valence-electron chi connectivity index (χ4n) is 2.91. The minimum absolute atomic E-state index is 0.116. The summed E-state index contributed by atoms with van der Waals surface area (Å²) in [5.74, 6) is -1.09. The summed E-state index contributed by atoms with van der Waals surface area (Å²) in [4.78, 5) is 23.8. The molecule has 154 valence electrons. The molecule has 0 saturated carbocycles. The molecule has 0 radical (unpaired) electrons. The van der Waals surface area contributed by atoms with Gasteiger partial charge in [-0.1, -0.05) is 80.0 Å². The van der Waals surface area contributed by atoms with Gasteiger partial charge >= 0.3 is 5.97 Å². The molecule has 0 spiro atoms. The van der Waals surface area contributed by atoms with E-state index in [2.05, 4.69) is 50.7 Å². The molecule has 2 aromatic carbocycles. The number of hydrogen-bond acceptors (Lipinski definition) is 2. The Morgan fingerprint density at radius 1 is 0.828 bits per heavy atom. The number of amides is 1. The minimum atomic E-state index is -1.56. The number of carbonyl (C=O) groups is 2. The normalized spacial score (nSPS) is 12.6. The lowest BCUT2D eigenvalue weighted by Gasteiger charge is -2.24. The van der Waals surface area contributed by atoms with Gasteiger partial charge in [-0.2, -0.15) is 0 Å². The van der Waals surface area contributed by atoms with Crippen molar-refractivity contribution in [1.82, 2.24) is 0 Å². The van der Waals surface area contributed by atoms with Gasteiger partial charge in [0, 0.05) is 17.3 Å². The molecule has 1 amide bonds. The van der Waals surface area contributed by atoms with Crippen LogP contribution in [-0.2, 0) is 4.79 Å². The number of allylic oxidation sites excluding steroid dienone is 1. The van der Waals surface area contributed by atoms with Gasteiger partial charge in [0.05, 0.1) is 16.1 Å². The first-order valence-corrected chi connectivity index (χ1v) is 16.8. The zero-order valence-corrected chi connectivity index (χ0v) is 20.4. The highest BCUT2D eigenvalue weighted by molar-refractivity contribution is 6.91. The Hall–Kier alpha value is -2.45. The number of hydrogen-bond donors (Lipinski definition) is 2. The number of nitrogens with one attached hydrogen (secondary N) is 1. The van der Waals surface area contributed by atoms with Crippen molar-refractivity contribution in [3.63, 3.8) is 0 Å². The van der Waals surface area contributed by atoms with E-state index < -0.39 is 22.1 Å². The van der Waals surface area contributed by atoms with Crippen molar-refractivity contribution in [2.24, 2.45) is 0 Å². The van der Waals surface area contributed by atoms with Gasteiger partial charge < -0.3 is 10.4 Å². The van der Waals surface area contributed by atoms with Gasteiger partial charge in [0.1, 0.15) is 0 Å². The highest BCUT2D eigenvalue weighted by Gasteiger charge is 2.24. The summed E-state index contributed by atoms with van der Waals surface area (Å²) >= 11 is 0. The zero-order valence-electron chi connectivity index (χ0n) is 18.4.